The van der Waals surface area contributed by atoms with Crippen molar-refractivity contribution >= 4 is 0 Å². The van der Waals surface area contributed by atoms with Gasteiger partial charge in [0.2, 0.25) is 0 Å². The highest BCUT2D eigenvalue weighted by Crippen LogP contribution is 2.22. The Labute approximate surface area is 170 Å². The SMILES string of the molecule is CCCCCCCCCCCCCCCCCC1N(CC)CCN1C(C)O. The van der Waals surface area contributed by atoms with Crippen LogP contribution in [0.4, 0.5) is 0 Å². The van der Waals surface area contributed by atoms with Gasteiger partial charge in [0.25, 0.3) is 0 Å². The Morgan fingerprint density at radius 3 is 1.56 bits per heavy atom. The Kier molecular flexibility index (Phi) is 15.5. The molecule has 27 heavy (non-hydrogen) atoms. The van der Waals surface area contributed by atoms with E-state index in [-0.39, 0.29) is 6.23 Å². The van der Waals surface area contributed by atoms with Gasteiger partial charge in [0.15, 0.2) is 0 Å². The molecule has 1 aliphatic rings. The quantitative estimate of drug-likeness (QED) is 0.272. The number of likely N-dealkylation sites (N-methyl/N-ethyl adjacent to an activating group) is 1. The van der Waals surface area contributed by atoms with Crippen LogP contribution in [-0.2, 0) is 0 Å². The van der Waals surface area contributed by atoms with Crippen molar-refractivity contribution in [1.82, 2.24) is 9.80 Å². The second-order valence-corrected chi connectivity index (χ2v) is 8.72. The van der Waals surface area contributed by atoms with Crippen LogP contribution in [0, 0.1) is 0 Å². The van der Waals surface area contributed by atoms with E-state index in [0.29, 0.717) is 6.17 Å². The molecule has 2 unspecified atom stereocenters. The number of aliphatic hydroxyl groups is 1. The largest absolute Gasteiger partial charge is 0.379 e. The van der Waals surface area contributed by atoms with E-state index < -0.39 is 0 Å². The van der Waals surface area contributed by atoms with E-state index in [2.05, 4.69) is 23.6 Å². The summed E-state index contributed by atoms with van der Waals surface area (Å²) in [5.41, 5.74) is 0. The van der Waals surface area contributed by atoms with Crippen LogP contribution in [0.2, 0.25) is 0 Å². The third-order valence-corrected chi connectivity index (χ3v) is 6.40. The molecule has 0 aromatic heterocycles. The number of aliphatic hydroxyl groups excluding tert-OH is 1. The number of rotatable bonds is 18. The second-order valence-electron chi connectivity index (χ2n) is 8.72. The maximum Gasteiger partial charge on any atom is 0.105 e. The molecule has 0 bridgehead atoms. The maximum atomic E-state index is 9.96. The van der Waals surface area contributed by atoms with Crippen LogP contribution in [0.15, 0.2) is 0 Å². The van der Waals surface area contributed by atoms with Crippen molar-refractivity contribution in [3.05, 3.63) is 0 Å². The summed E-state index contributed by atoms with van der Waals surface area (Å²) in [7, 11) is 0. The summed E-state index contributed by atoms with van der Waals surface area (Å²) in [6, 6.07) is 0. The van der Waals surface area contributed by atoms with Crippen molar-refractivity contribution in [2.45, 2.75) is 136 Å². The van der Waals surface area contributed by atoms with Gasteiger partial charge in [0, 0.05) is 13.1 Å². The molecule has 1 saturated heterocycles. The molecule has 3 heteroatoms. The fourth-order valence-electron chi connectivity index (χ4n) is 4.60. The van der Waals surface area contributed by atoms with Crippen molar-refractivity contribution in [2.24, 2.45) is 0 Å². The van der Waals surface area contributed by atoms with Crippen molar-refractivity contribution in [3.8, 4) is 0 Å². The monoisotopic (exact) mass is 382 g/mol. The average Bonchev–Trinajstić information content (AvgIpc) is 3.08. The van der Waals surface area contributed by atoms with Gasteiger partial charge in [-0.1, -0.05) is 110 Å². The first-order valence-electron chi connectivity index (χ1n) is 12.4. The Balaban J connectivity index is 1.87. The third-order valence-electron chi connectivity index (χ3n) is 6.40. The molecule has 3 nitrogen and oxygen atoms in total. The molecule has 1 heterocycles. The third kappa shape index (κ3) is 11.5. The molecular formula is C24H50N2O. The van der Waals surface area contributed by atoms with Gasteiger partial charge in [-0.3, -0.25) is 9.80 Å². The summed E-state index contributed by atoms with van der Waals surface area (Å²) < 4.78 is 0. The van der Waals surface area contributed by atoms with E-state index in [4.69, 9.17) is 0 Å². The van der Waals surface area contributed by atoms with Gasteiger partial charge in [0.05, 0.1) is 6.17 Å². The van der Waals surface area contributed by atoms with Gasteiger partial charge in [-0.15, -0.1) is 0 Å². The molecule has 2 atom stereocenters. The average molecular weight is 383 g/mol. The molecular weight excluding hydrogens is 332 g/mol. The zero-order chi connectivity index (χ0) is 19.7. The van der Waals surface area contributed by atoms with Crippen molar-refractivity contribution < 1.29 is 5.11 Å². The van der Waals surface area contributed by atoms with E-state index in [1.54, 1.807) is 0 Å². The van der Waals surface area contributed by atoms with Gasteiger partial charge in [-0.05, 0) is 19.9 Å². The Hall–Kier alpha value is -0.120. The first-order valence-corrected chi connectivity index (χ1v) is 12.4. The van der Waals surface area contributed by atoms with E-state index in [1.807, 2.05) is 6.92 Å². The molecule has 1 rings (SSSR count). The lowest BCUT2D eigenvalue weighted by Crippen LogP contribution is -2.43. The highest BCUT2D eigenvalue weighted by Gasteiger charge is 2.32. The normalized spacial score (nSPS) is 19.8. The molecule has 1 aliphatic heterocycles. The minimum atomic E-state index is -0.303. The van der Waals surface area contributed by atoms with Crippen molar-refractivity contribution in [2.75, 3.05) is 19.6 Å². The predicted octanol–water partition coefficient (Wildman–Crippen LogP) is 6.55. The summed E-state index contributed by atoms with van der Waals surface area (Å²) in [4.78, 5) is 4.80. The molecule has 0 spiro atoms. The van der Waals surface area contributed by atoms with Gasteiger partial charge >= 0.3 is 0 Å². The molecule has 0 saturated carbocycles. The molecule has 1 N–H and O–H groups in total. The highest BCUT2D eigenvalue weighted by atomic mass is 16.3. The van der Waals surface area contributed by atoms with Gasteiger partial charge < -0.3 is 5.11 Å². The van der Waals surface area contributed by atoms with E-state index >= 15 is 0 Å². The zero-order valence-electron chi connectivity index (χ0n) is 18.9. The van der Waals surface area contributed by atoms with Crippen LogP contribution in [0.25, 0.3) is 0 Å². The van der Waals surface area contributed by atoms with Crippen molar-refractivity contribution in [1.29, 1.82) is 0 Å². The minimum Gasteiger partial charge on any atom is -0.379 e. The lowest BCUT2D eigenvalue weighted by molar-refractivity contribution is -0.0191. The molecule has 0 aliphatic carbocycles. The summed E-state index contributed by atoms with van der Waals surface area (Å²) in [5, 5.41) is 9.96. The molecule has 0 radical (unpaired) electrons. The first-order chi connectivity index (χ1) is 13.2. The zero-order valence-corrected chi connectivity index (χ0v) is 18.9. The Bertz CT molecular complexity index is 322. The maximum absolute atomic E-state index is 9.96. The predicted molar refractivity (Wildman–Crippen MR) is 119 cm³/mol. The van der Waals surface area contributed by atoms with Crippen LogP contribution in [0.1, 0.15) is 124 Å². The molecule has 1 fully saturated rings. The molecule has 0 aromatic carbocycles. The van der Waals surface area contributed by atoms with E-state index in [9.17, 15) is 5.11 Å². The van der Waals surface area contributed by atoms with Gasteiger partial charge in [-0.25, -0.2) is 0 Å². The number of unbranched alkanes of at least 4 members (excludes halogenated alkanes) is 14. The number of hydrogen-bond acceptors (Lipinski definition) is 3. The van der Waals surface area contributed by atoms with Crippen LogP contribution >= 0.6 is 0 Å². The lowest BCUT2D eigenvalue weighted by Gasteiger charge is -2.31. The number of nitrogens with zero attached hydrogens (tertiary/aromatic N) is 2. The van der Waals surface area contributed by atoms with Gasteiger partial charge in [0.1, 0.15) is 6.23 Å². The van der Waals surface area contributed by atoms with Crippen LogP contribution in [0.3, 0.4) is 0 Å². The molecule has 0 amide bonds. The number of hydrogen-bond donors (Lipinski definition) is 1. The highest BCUT2D eigenvalue weighted by molar-refractivity contribution is 4.81. The Morgan fingerprint density at radius 1 is 0.704 bits per heavy atom. The fraction of sp³-hybridized carbons (Fsp3) is 1.00. The summed E-state index contributed by atoms with van der Waals surface area (Å²) in [5.74, 6) is 0. The lowest BCUT2D eigenvalue weighted by atomic mass is 10.0. The summed E-state index contributed by atoms with van der Waals surface area (Å²) in [6.07, 6.45) is 22.7. The molecule has 162 valence electrons. The Morgan fingerprint density at radius 2 is 1.15 bits per heavy atom. The van der Waals surface area contributed by atoms with Crippen molar-refractivity contribution in [3.63, 3.8) is 0 Å². The smallest absolute Gasteiger partial charge is 0.105 e. The van der Waals surface area contributed by atoms with Crippen LogP contribution in [0.5, 0.6) is 0 Å². The first kappa shape index (κ1) is 24.9. The van der Waals surface area contributed by atoms with Gasteiger partial charge in [-0.2, -0.15) is 0 Å². The second kappa shape index (κ2) is 16.8. The van der Waals surface area contributed by atoms with E-state index in [1.165, 1.54) is 103 Å². The standard InChI is InChI=1S/C24H50N2O/c1-4-6-7-8-9-10-11-12-13-14-15-16-17-18-19-20-24-25(5-2)21-22-26(24)23(3)27/h23-24,27H,4-22H2,1-3H3. The van der Waals surface area contributed by atoms with E-state index in [0.717, 1.165) is 19.6 Å². The topological polar surface area (TPSA) is 26.7 Å². The summed E-state index contributed by atoms with van der Waals surface area (Å²) in [6.45, 7) is 9.69. The fourth-order valence-corrected chi connectivity index (χ4v) is 4.60. The molecule has 0 aromatic rings. The van der Waals surface area contributed by atoms with Crippen LogP contribution < -0.4 is 0 Å². The minimum absolute atomic E-state index is 0.303. The van der Waals surface area contributed by atoms with Crippen LogP contribution in [-0.4, -0.2) is 46.9 Å². The summed E-state index contributed by atoms with van der Waals surface area (Å²) >= 11 is 0.